The number of carbonyl (C=O) groups is 1. The van der Waals surface area contributed by atoms with E-state index < -0.39 is 15.9 Å². The maximum Gasteiger partial charge on any atom is 0.259 e. The van der Waals surface area contributed by atoms with E-state index in [1.807, 2.05) is 24.3 Å². The summed E-state index contributed by atoms with van der Waals surface area (Å²) < 4.78 is 32.6. The van der Waals surface area contributed by atoms with Crippen LogP contribution in [0.1, 0.15) is 16.1 Å². The van der Waals surface area contributed by atoms with E-state index in [0.29, 0.717) is 5.76 Å². The zero-order chi connectivity index (χ0) is 21.1. The number of carbonyl (C=O) groups excluding carboxylic acids is 1. The second-order valence-electron chi connectivity index (χ2n) is 6.60. The van der Waals surface area contributed by atoms with Gasteiger partial charge in [0.05, 0.1) is 23.3 Å². The molecule has 0 bridgehead atoms. The minimum atomic E-state index is -3.81. The molecule has 1 aromatic heterocycles. The predicted molar refractivity (Wildman–Crippen MR) is 113 cm³/mol. The van der Waals surface area contributed by atoms with Crippen molar-refractivity contribution in [2.75, 3.05) is 5.32 Å². The van der Waals surface area contributed by atoms with Gasteiger partial charge in [0.2, 0.25) is 10.0 Å². The van der Waals surface area contributed by atoms with Crippen LogP contribution in [0.2, 0.25) is 0 Å². The molecule has 0 unspecified atom stereocenters. The molecule has 4 aromatic rings. The third-order valence-electron chi connectivity index (χ3n) is 4.53. The highest BCUT2D eigenvalue weighted by Gasteiger charge is 2.17. The quantitative estimate of drug-likeness (QED) is 0.437. The number of aromatic hydroxyl groups is 1. The van der Waals surface area contributed by atoms with Crippen molar-refractivity contribution in [3.8, 4) is 5.75 Å². The number of benzene rings is 3. The van der Waals surface area contributed by atoms with Crippen LogP contribution >= 0.6 is 0 Å². The first kappa shape index (κ1) is 19.7. The molecule has 8 heteroatoms. The molecule has 0 aliphatic carbocycles. The minimum Gasteiger partial charge on any atom is -0.507 e. The summed E-state index contributed by atoms with van der Waals surface area (Å²) in [6.45, 7) is 0.0108. The largest absolute Gasteiger partial charge is 0.507 e. The molecule has 0 aliphatic rings. The summed E-state index contributed by atoms with van der Waals surface area (Å²) in [7, 11) is -3.81. The first-order valence-corrected chi connectivity index (χ1v) is 10.6. The Morgan fingerprint density at radius 1 is 0.933 bits per heavy atom. The van der Waals surface area contributed by atoms with E-state index in [2.05, 4.69) is 10.0 Å². The molecular formula is C22H18N2O5S. The highest BCUT2D eigenvalue weighted by atomic mass is 32.2. The predicted octanol–water partition coefficient (Wildman–Crippen LogP) is 3.87. The van der Waals surface area contributed by atoms with Gasteiger partial charge >= 0.3 is 0 Å². The number of sulfonamides is 1. The number of anilines is 1. The molecule has 3 aromatic carbocycles. The lowest BCUT2D eigenvalue weighted by Gasteiger charge is -2.10. The SMILES string of the molecule is O=C(Nc1cccc(S(=O)(=O)NCc2ccco2)c1)c1cc2ccccc2cc1O. The molecule has 1 amide bonds. The topological polar surface area (TPSA) is 109 Å². The summed E-state index contributed by atoms with van der Waals surface area (Å²) in [5.74, 6) is -0.221. The van der Waals surface area contributed by atoms with E-state index in [-0.39, 0.29) is 28.4 Å². The zero-order valence-corrected chi connectivity index (χ0v) is 16.5. The lowest BCUT2D eigenvalue weighted by Crippen LogP contribution is -2.23. The molecule has 0 saturated heterocycles. The van der Waals surface area contributed by atoms with Crippen molar-refractivity contribution < 1.29 is 22.7 Å². The van der Waals surface area contributed by atoms with Gasteiger partial charge in [0.15, 0.2) is 0 Å². The smallest absolute Gasteiger partial charge is 0.259 e. The van der Waals surface area contributed by atoms with Crippen LogP contribution in [0.3, 0.4) is 0 Å². The zero-order valence-electron chi connectivity index (χ0n) is 15.7. The standard InChI is InChI=1S/C22H18N2O5S/c25-21-12-16-6-2-1-5-15(16)11-20(21)22(26)24-17-7-3-9-19(13-17)30(27,28)23-14-18-8-4-10-29-18/h1-13,23,25H,14H2,(H,24,26). The van der Waals surface area contributed by atoms with E-state index in [9.17, 15) is 18.3 Å². The molecule has 0 atom stereocenters. The Labute approximate surface area is 173 Å². The molecule has 1 heterocycles. The highest BCUT2D eigenvalue weighted by molar-refractivity contribution is 7.89. The molecule has 0 radical (unpaired) electrons. The van der Waals surface area contributed by atoms with Crippen LogP contribution in [0.4, 0.5) is 5.69 Å². The number of phenols is 1. The molecule has 0 spiro atoms. The number of nitrogens with one attached hydrogen (secondary N) is 2. The summed E-state index contributed by atoms with van der Waals surface area (Å²) in [6.07, 6.45) is 1.46. The van der Waals surface area contributed by atoms with E-state index in [4.69, 9.17) is 4.42 Å². The van der Waals surface area contributed by atoms with Gasteiger partial charge in [-0.1, -0.05) is 30.3 Å². The highest BCUT2D eigenvalue weighted by Crippen LogP contribution is 2.26. The van der Waals surface area contributed by atoms with Gasteiger partial charge in [-0.3, -0.25) is 4.79 Å². The van der Waals surface area contributed by atoms with Crippen molar-refractivity contribution in [3.63, 3.8) is 0 Å². The fraction of sp³-hybridized carbons (Fsp3) is 0.0455. The molecule has 3 N–H and O–H groups in total. The summed E-state index contributed by atoms with van der Waals surface area (Å²) in [6, 6.07) is 19.7. The number of hydrogen-bond acceptors (Lipinski definition) is 5. The Morgan fingerprint density at radius 2 is 1.70 bits per heavy atom. The maximum atomic E-state index is 12.7. The lowest BCUT2D eigenvalue weighted by atomic mass is 10.1. The Balaban J connectivity index is 1.54. The normalized spacial score (nSPS) is 11.5. The fourth-order valence-corrected chi connectivity index (χ4v) is 4.05. The van der Waals surface area contributed by atoms with Crippen LogP contribution in [0.5, 0.6) is 5.75 Å². The Hall–Kier alpha value is -3.62. The molecule has 30 heavy (non-hydrogen) atoms. The van der Waals surface area contributed by atoms with Crippen molar-refractivity contribution in [3.05, 3.63) is 90.4 Å². The number of fused-ring (bicyclic) bond motifs is 1. The third kappa shape index (κ3) is 4.19. The molecule has 0 aliphatic heterocycles. The van der Waals surface area contributed by atoms with Crippen LogP contribution in [0.25, 0.3) is 10.8 Å². The average molecular weight is 422 g/mol. The maximum absolute atomic E-state index is 12.7. The molecule has 4 rings (SSSR count). The van der Waals surface area contributed by atoms with Gasteiger partial charge < -0.3 is 14.8 Å². The number of phenolic OH excluding ortho intramolecular Hbond substituents is 1. The minimum absolute atomic E-state index is 0.00501. The second kappa shape index (κ2) is 8.02. The van der Waals surface area contributed by atoms with Crippen molar-refractivity contribution in [2.45, 2.75) is 11.4 Å². The first-order valence-electron chi connectivity index (χ1n) is 9.08. The lowest BCUT2D eigenvalue weighted by molar-refractivity contribution is 0.102. The van der Waals surface area contributed by atoms with Crippen LogP contribution in [-0.4, -0.2) is 19.4 Å². The number of rotatable bonds is 6. The average Bonchev–Trinajstić information content (AvgIpc) is 3.26. The van der Waals surface area contributed by atoms with Crippen molar-refractivity contribution in [2.24, 2.45) is 0 Å². The van der Waals surface area contributed by atoms with Gasteiger partial charge in [0.1, 0.15) is 11.5 Å². The molecule has 7 nitrogen and oxygen atoms in total. The van der Waals surface area contributed by atoms with Crippen molar-refractivity contribution in [1.82, 2.24) is 4.72 Å². The van der Waals surface area contributed by atoms with Crippen molar-refractivity contribution >= 4 is 32.4 Å². The van der Waals surface area contributed by atoms with Gasteiger partial charge in [0.25, 0.3) is 5.91 Å². The summed E-state index contributed by atoms with van der Waals surface area (Å²) in [5.41, 5.74) is 0.381. The first-order chi connectivity index (χ1) is 14.4. The van der Waals surface area contributed by atoms with Crippen LogP contribution < -0.4 is 10.0 Å². The van der Waals surface area contributed by atoms with Crippen LogP contribution in [0, 0.1) is 0 Å². The van der Waals surface area contributed by atoms with Gasteiger partial charge in [-0.2, -0.15) is 0 Å². The molecular weight excluding hydrogens is 404 g/mol. The Kier molecular flexibility index (Phi) is 5.26. The summed E-state index contributed by atoms with van der Waals surface area (Å²) in [4.78, 5) is 12.7. The number of amides is 1. The number of furan rings is 1. The molecule has 0 saturated carbocycles. The van der Waals surface area contributed by atoms with Gasteiger partial charge in [-0.15, -0.1) is 0 Å². The van der Waals surface area contributed by atoms with Gasteiger partial charge in [0, 0.05) is 5.69 Å². The fourth-order valence-electron chi connectivity index (χ4n) is 3.01. The summed E-state index contributed by atoms with van der Waals surface area (Å²) in [5, 5.41) is 14.5. The van der Waals surface area contributed by atoms with E-state index in [0.717, 1.165) is 10.8 Å². The second-order valence-corrected chi connectivity index (χ2v) is 8.37. The van der Waals surface area contributed by atoms with E-state index in [1.54, 1.807) is 24.3 Å². The monoisotopic (exact) mass is 422 g/mol. The number of hydrogen-bond donors (Lipinski definition) is 3. The molecule has 0 fully saturated rings. The Morgan fingerprint density at radius 3 is 2.43 bits per heavy atom. The van der Waals surface area contributed by atoms with Crippen LogP contribution in [0.15, 0.2) is 88.4 Å². The van der Waals surface area contributed by atoms with E-state index >= 15 is 0 Å². The van der Waals surface area contributed by atoms with Gasteiger partial charge in [-0.05, 0) is 53.2 Å². The summed E-state index contributed by atoms with van der Waals surface area (Å²) >= 11 is 0. The van der Waals surface area contributed by atoms with Crippen molar-refractivity contribution in [1.29, 1.82) is 0 Å². The van der Waals surface area contributed by atoms with Crippen LogP contribution in [-0.2, 0) is 16.6 Å². The Bertz CT molecular complexity index is 1310. The third-order valence-corrected chi connectivity index (χ3v) is 5.93. The molecule has 152 valence electrons. The van der Waals surface area contributed by atoms with E-state index in [1.165, 1.54) is 30.5 Å². The van der Waals surface area contributed by atoms with Gasteiger partial charge in [-0.25, -0.2) is 13.1 Å².